The number of benzene rings is 1. The molecular formula is C15H18FNO4. The van der Waals surface area contributed by atoms with Crippen molar-refractivity contribution >= 4 is 11.5 Å². The first kappa shape index (κ1) is 15.4. The van der Waals surface area contributed by atoms with Gasteiger partial charge in [-0.2, -0.15) is 0 Å². The first-order chi connectivity index (χ1) is 9.99. The van der Waals surface area contributed by atoms with Gasteiger partial charge in [0.05, 0.1) is 11.0 Å². The highest BCUT2D eigenvalue weighted by Gasteiger charge is 2.22. The van der Waals surface area contributed by atoms with Gasteiger partial charge in [0.25, 0.3) is 5.69 Å². The van der Waals surface area contributed by atoms with Crippen LogP contribution in [-0.2, 0) is 4.79 Å². The van der Waals surface area contributed by atoms with Gasteiger partial charge in [0.15, 0.2) is 17.3 Å². The molecule has 0 heterocycles. The van der Waals surface area contributed by atoms with Gasteiger partial charge in [0.2, 0.25) is 0 Å². The zero-order chi connectivity index (χ0) is 15.4. The molecule has 1 fully saturated rings. The molecule has 1 saturated carbocycles. The maximum absolute atomic E-state index is 13.7. The Balaban J connectivity index is 2.01. The summed E-state index contributed by atoms with van der Waals surface area (Å²) in [6, 6.07) is 2.09. The van der Waals surface area contributed by atoms with Crippen molar-refractivity contribution in [1.29, 1.82) is 0 Å². The molecule has 1 aliphatic rings. The normalized spacial score (nSPS) is 15.7. The molecule has 1 aromatic rings. The zero-order valence-corrected chi connectivity index (χ0v) is 11.9. The van der Waals surface area contributed by atoms with Crippen LogP contribution in [0.1, 0.15) is 37.7 Å². The van der Waals surface area contributed by atoms with Crippen LogP contribution in [0.3, 0.4) is 0 Å². The van der Waals surface area contributed by atoms with Crippen molar-refractivity contribution < 1.29 is 18.8 Å². The van der Waals surface area contributed by atoms with Gasteiger partial charge >= 0.3 is 0 Å². The number of ether oxygens (including phenoxy) is 1. The first-order valence-corrected chi connectivity index (χ1v) is 7.09. The Morgan fingerprint density at radius 3 is 2.67 bits per heavy atom. The fourth-order valence-corrected chi connectivity index (χ4v) is 2.64. The SMILES string of the molecule is Cc1cc(OCC(=O)C2CCCCC2)c(F)cc1[N+](=O)[O-]. The van der Waals surface area contributed by atoms with Crippen LogP contribution >= 0.6 is 0 Å². The van der Waals surface area contributed by atoms with E-state index < -0.39 is 10.7 Å². The average molecular weight is 295 g/mol. The van der Waals surface area contributed by atoms with E-state index in [9.17, 15) is 19.3 Å². The van der Waals surface area contributed by atoms with E-state index in [1.807, 2.05) is 0 Å². The molecule has 0 N–H and O–H groups in total. The van der Waals surface area contributed by atoms with Crippen molar-refractivity contribution in [1.82, 2.24) is 0 Å². The summed E-state index contributed by atoms with van der Waals surface area (Å²) in [6.45, 7) is 1.33. The fraction of sp³-hybridized carbons (Fsp3) is 0.533. The second-order valence-corrected chi connectivity index (χ2v) is 5.42. The van der Waals surface area contributed by atoms with E-state index in [-0.39, 0.29) is 29.7 Å². The summed E-state index contributed by atoms with van der Waals surface area (Å²) in [5.41, 5.74) is 0.0139. The summed E-state index contributed by atoms with van der Waals surface area (Å²) in [7, 11) is 0. The number of halogens is 1. The van der Waals surface area contributed by atoms with Crippen molar-refractivity contribution in [2.24, 2.45) is 5.92 Å². The molecule has 5 nitrogen and oxygen atoms in total. The molecule has 0 bridgehead atoms. The minimum atomic E-state index is -0.816. The van der Waals surface area contributed by atoms with E-state index >= 15 is 0 Å². The summed E-state index contributed by atoms with van der Waals surface area (Å²) in [6.07, 6.45) is 4.97. The monoisotopic (exact) mass is 295 g/mol. The van der Waals surface area contributed by atoms with Crippen LogP contribution in [0.25, 0.3) is 0 Å². The van der Waals surface area contributed by atoms with E-state index in [2.05, 4.69) is 0 Å². The number of carbonyl (C=O) groups excluding carboxylic acids is 1. The summed E-state index contributed by atoms with van der Waals surface area (Å²) in [5.74, 6) is -0.947. The van der Waals surface area contributed by atoms with Crippen molar-refractivity contribution in [2.45, 2.75) is 39.0 Å². The Labute approximate surface area is 122 Å². The van der Waals surface area contributed by atoms with Gasteiger partial charge in [-0.25, -0.2) is 4.39 Å². The molecule has 0 saturated heterocycles. The Hall–Kier alpha value is -1.98. The van der Waals surface area contributed by atoms with Crippen molar-refractivity contribution in [3.63, 3.8) is 0 Å². The van der Waals surface area contributed by atoms with Gasteiger partial charge in [-0.15, -0.1) is 0 Å². The third-order valence-electron chi connectivity index (χ3n) is 3.88. The molecule has 0 aliphatic heterocycles. The highest BCUT2D eigenvalue weighted by Crippen LogP contribution is 2.28. The Morgan fingerprint density at radius 1 is 1.38 bits per heavy atom. The Kier molecular flexibility index (Phi) is 4.88. The van der Waals surface area contributed by atoms with E-state index in [0.29, 0.717) is 5.56 Å². The Bertz CT molecular complexity index is 553. The second kappa shape index (κ2) is 6.65. The topological polar surface area (TPSA) is 69.4 Å². The lowest BCUT2D eigenvalue weighted by Crippen LogP contribution is -2.23. The van der Waals surface area contributed by atoms with Crippen molar-refractivity contribution in [3.05, 3.63) is 33.6 Å². The highest BCUT2D eigenvalue weighted by molar-refractivity contribution is 5.82. The van der Waals surface area contributed by atoms with Crippen LogP contribution in [-0.4, -0.2) is 17.3 Å². The molecule has 0 unspecified atom stereocenters. The molecule has 0 radical (unpaired) electrons. The van der Waals surface area contributed by atoms with Gasteiger partial charge < -0.3 is 4.74 Å². The molecule has 6 heteroatoms. The molecule has 0 spiro atoms. The molecule has 0 atom stereocenters. The van der Waals surface area contributed by atoms with E-state index in [4.69, 9.17) is 4.74 Å². The number of rotatable bonds is 5. The standard InChI is InChI=1S/C15H18FNO4/c1-10-7-15(12(16)8-13(10)17(19)20)21-9-14(18)11-5-3-2-4-6-11/h7-8,11H,2-6,9H2,1H3. The summed E-state index contributed by atoms with van der Waals surface area (Å²) in [5, 5.41) is 10.7. The lowest BCUT2D eigenvalue weighted by molar-refractivity contribution is -0.385. The molecule has 2 rings (SSSR count). The van der Waals surface area contributed by atoms with E-state index in [1.165, 1.54) is 13.0 Å². The maximum Gasteiger partial charge on any atom is 0.275 e. The summed E-state index contributed by atoms with van der Waals surface area (Å²) < 4.78 is 19.0. The van der Waals surface area contributed by atoms with Crippen molar-refractivity contribution in [3.8, 4) is 5.75 Å². The number of hydrogen-bond donors (Lipinski definition) is 0. The largest absolute Gasteiger partial charge is 0.483 e. The zero-order valence-electron chi connectivity index (χ0n) is 11.9. The average Bonchev–Trinajstić information content (AvgIpc) is 2.48. The van der Waals surface area contributed by atoms with Crippen LogP contribution in [0.5, 0.6) is 5.75 Å². The van der Waals surface area contributed by atoms with E-state index in [0.717, 1.165) is 38.2 Å². The number of nitrogens with zero attached hydrogens (tertiary/aromatic N) is 1. The molecule has 21 heavy (non-hydrogen) atoms. The lowest BCUT2D eigenvalue weighted by atomic mass is 9.86. The predicted octanol–water partition coefficient (Wildman–Crippen LogP) is 3.57. The number of carbonyl (C=O) groups is 1. The van der Waals surface area contributed by atoms with Gasteiger partial charge in [-0.3, -0.25) is 14.9 Å². The summed E-state index contributed by atoms with van der Waals surface area (Å²) in [4.78, 5) is 22.0. The fourth-order valence-electron chi connectivity index (χ4n) is 2.64. The van der Waals surface area contributed by atoms with Crippen molar-refractivity contribution in [2.75, 3.05) is 6.61 Å². The van der Waals surface area contributed by atoms with Crippen LogP contribution in [0.15, 0.2) is 12.1 Å². The molecular weight excluding hydrogens is 277 g/mol. The molecule has 1 aliphatic carbocycles. The highest BCUT2D eigenvalue weighted by atomic mass is 19.1. The minimum Gasteiger partial charge on any atom is -0.483 e. The number of nitro benzene ring substituents is 1. The second-order valence-electron chi connectivity index (χ2n) is 5.42. The van der Waals surface area contributed by atoms with Gasteiger partial charge in [-0.05, 0) is 25.8 Å². The minimum absolute atomic E-state index is 0.000886. The quantitative estimate of drug-likeness (QED) is 0.615. The maximum atomic E-state index is 13.7. The van der Waals surface area contributed by atoms with Gasteiger partial charge in [0, 0.05) is 11.5 Å². The predicted molar refractivity (Wildman–Crippen MR) is 74.9 cm³/mol. The first-order valence-electron chi connectivity index (χ1n) is 7.09. The number of Topliss-reactive ketones (excluding diaryl/α,β-unsaturated/α-hetero) is 1. The summed E-state index contributed by atoms with van der Waals surface area (Å²) >= 11 is 0. The number of ketones is 1. The number of nitro groups is 1. The lowest BCUT2D eigenvalue weighted by Gasteiger charge is -2.20. The third-order valence-corrected chi connectivity index (χ3v) is 3.88. The number of hydrogen-bond acceptors (Lipinski definition) is 4. The smallest absolute Gasteiger partial charge is 0.275 e. The molecule has 0 amide bonds. The van der Waals surface area contributed by atoms with Crippen LogP contribution in [0.2, 0.25) is 0 Å². The Morgan fingerprint density at radius 2 is 2.05 bits per heavy atom. The molecule has 1 aromatic carbocycles. The molecule has 0 aromatic heterocycles. The van der Waals surface area contributed by atoms with Crippen LogP contribution in [0.4, 0.5) is 10.1 Å². The van der Waals surface area contributed by atoms with Gasteiger partial charge in [-0.1, -0.05) is 19.3 Å². The molecule has 114 valence electrons. The van der Waals surface area contributed by atoms with Gasteiger partial charge in [0.1, 0.15) is 6.61 Å². The number of aryl methyl sites for hydroxylation is 1. The third kappa shape index (κ3) is 3.77. The van der Waals surface area contributed by atoms with E-state index in [1.54, 1.807) is 0 Å². The van der Waals surface area contributed by atoms with Crippen LogP contribution in [0, 0.1) is 28.8 Å². The van der Waals surface area contributed by atoms with Crippen LogP contribution < -0.4 is 4.74 Å².